The van der Waals surface area contributed by atoms with Gasteiger partial charge in [0.15, 0.2) is 5.76 Å². The van der Waals surface area contributed by atoms with Crippen LogP contribution in [0.25, 0.3) is 0 Å². The fourth-order valence-corrected chi connectivity index (χ4v) is 5.16. The van der Waals surface area contributed by atoms with Crippen LogP contribution in [-0.4, -0.2) is 99.6 Å². The van der Waals surface area contributed by atoms with Gasteiger partial charge in [-0.2, -0.15) is 5.10 Å². The van der Waals surface area contributed by atoms with Gasteiger partial charge in [-0.25, -0.2) is 5.01 Å². The molecule has 0 radical (unpaired) electrons. The second-order valence-corrected chi connectivity index (χ2v) is 10.0. The Balaban J connectivity index is 1.43. The number of methoxy groups -OCH3 is 3. The molecule has 2 aliphatic rings. The molecular formula is C31H36N4O7. The van der Waals surface area contributed by atoms with Crippen molar-refractivity contribution in [3.63, 3.8) is 0 Å². The molecule has 0 unspecified atom stereocenters. The van der Waals surface area contributed by atoms with E-state index in [0.717, 1.165) is 24.2 Å². The molecule has 0 spiro atoms. The van der Waals surface area contributed by atoms with Gasteiger partial charge in [0.05, 0.1) is 52.6 Å². The van der Waals surface area contributed by atoms with Crippen LogP contribution in [0.3, 0.4) is 0 Å². The van der Waals surface area contributed by atoms with Gasteiger partial charge in [-0.05, 0) is 42.0 Å². The fraction of sp³-hybridized carbons (Fsp3) is 0.387. The highest BCUT2D eigenvalue weighted by Gasteiger charge is 2.36. The van der Waals surface area contributed by atoms with E-state index in [1.165, 1.54) is 16.2 Å². The first kappa shape index (κ1) is 29.2. The van der Waals surface area contributed by atoms with Crippen molar-refractivity contribution in [1.29, 1.82) is 0 Å². The minimum Gasteiger partial charge on any atom is -0.497 e. The molecule has 2 aliphatic heterocycles. The molecule has 3 aromatic rings. The third kappa shape index (κ3) is 6.58. The molecule has 42 heavy (non-hydrogen) atoms. The third-order valence-corrected chi connectivity index (χ3v) is 7.52. The summed E-state index contributed by atoms with van der Waals surface area (Å²) in [4.78, 5) is 31.2. The lowest BCUT2D eigenvalue weighted by Gasteiger charge is -2.30. The van der Waals surface area contributed by atoms with Gasteiger partial charge in [0.25, 0.3) is 11.8 Å². The van der Waals surface area contributed by atoms with Crippen molar-refractivity contribution >= 4 is 17.5 Å². The number of hydrazone groups is 1. The predicted molar refractivity (Wildman–Crippen MR) is 155 cm³/mol. The van der Waals surface area contributed by atoms with E-state index in [0.29, 0.717) is 55.7 Å². The highest BCUT2D eigenvalue weighted by Crippen LogP contribution is 2.36. The summed E-state index contributed by atoms with van der Waals surface area (Å²) < 4.78 is 27.2. The largest absolute Gasteiger partial charge is 0.497 e. The molecule has 0 N–H and O–H groups in total. The van der Waals surface area contributed by atoms with Crippen LogP contribution in [0.1, 0.15) is 34.1 Å². The second-order valence-electron chi connectivity index (χ2n) is 10.0. The highest BCUT2D eigenvalue weighted by molar-refractivity contribution is 6.05. The van der Waals surface area contributed by atoms with Gasteiger partial charge in [-0.3, -0.25) is 14.5 Å². The lowest BCUT2D eigenvalue weighted by molar-refractivity contribution is -0.133. The molecule has 0 saturated carbocycles. The quantitative estimate of drug-likeness (QED) is 0.342. The van der Waals surface area contributed by atoms with Crippen LogP contribution in [0.2, 0.25) is 0 Å². The molecule has 0 aliphatic carbocycles. The molecule has 1 atom stereocenters. The van der Waals surface area contributed by atoms with E-state index < -0.39 is 0 Å². The minimum absolute atomic E-state index is 0.160. The topological polar surface area (TPSA) is 106 Å². The second kappa shape index (κ2) is 13.5. The summed E-state index contributed by atoms with van der Waals surface area (Å²) in [6, 6.07) is 16.0. The zero-order chi connectivity index (χ0) is 29.5. The van der Waals surface area contributed by atoms with Gasteiger partial charge in [0, 0.05) is 44.2 Å². The van der Waals surface area contributed by atoms with E-state index in [2.05, 4.69) is 4.90 Å². The number of carbonyl (C=O) groups excluding carboxylic acids is 2. The predicted octanol–water partition coefficient (Wildman–Crippen LogP) is 3.46. The number of rotatable bonds is 11. The molecule has 0 bridgehead atoms. The van der Waals surface area contributed by atoms with Crippen molar-refractivity contribution in [2.24, 2.45) is 5.10 Å². The minimum atomic E-state index is -0.384. The first-order valence-corrected chi connectivity index (χ1v) is 13.9. The van der Waals surface area contributed by atoms with Crippen molar-refractivity contribution in [2.75, 3.05) is 67.3 Å². The van der Waals surface area contributed by atoms with E-state index >= 15 is 0 Å². The molecule has 2 aromatic carbocycles. The molecule has 1 aromatic heterocycles. The molecule has 11 nitrogen and oxygen atoms in total. The maximum absolute atomic E-state index is 14.0. The first-order valence-electron chi connectivity index (χ1n) is 13.9. The molecule has 1 fully saturated rings. The van der Waals surface area contributed by atoms with Crippen LogP contribution in [0.5, 0.6) is 17.2 Å². The van der Waals surface area contributed by atoms with Crippen molar-refractivity contribution in [3.05, 3.63) is 77.7 Å². The summed E-state index contributed by atoms with van der Waals surface area (Å²) in [5.74, 6) is 1.50. The van der Waals surface area contributed by atoms with E-state index in [4.69, 9.17) is 28.5 Å². The average molecular weight is 577 g/mol. The normalized spacial score (nSPS) is 17.1. The van der Waals surface area contributed by atoms with Crippen LogP contribution < -0.4 is 14.2 Å². The summed E-state index contributed by atoms with van der Waals surface area (Å²) in [5, 5.41) is 6.29. The first-order chi connectivity index (χ1) is 20.5. The van der Waals surface area contributed by atoms with Gasteiger partial charge in [-0.1, -0.05) is 12.1 Å². The van der Waals surface area contributed by atoms with E-state index in [1.54, 1.807) is 39.5 Å². The summed E-state index contributed by atoms with van der Waals surface area (Å²) in [6.45, 7) is 3.66. The van der Waals surface area contributed by atoms with Crippen molar-refractivity contribution in [1.82, 2.24) is 14.8 Å². The van der Waals surface area contributed by atoms with E-state index in [1.807, 2.05) is 36.4 Å². The van der Waals surface area contributed by atoms with Gasteiger partial charge in [0.1, 0.15) is 23.8 Å². The smallest absolute Gasteiger partial charge is 0.290 e. The SMILES string of the molecule is COc1ccc([C@@H]2CC(c3ccc(OC)cc3OC)=NN2C(=O)CN(CCN2CCOCC2)C(=O)c2ccco2)cc1. The zero-order valence-electron chi connectivity index (χ0n) is 24.2. The molecule has 1 saturated heterocycles. The standard InChI is InChI=1S/C31H36N4O7/c1-38-23-8-6-22(7-9-23)27-20-26(25-11-10-24(39-2)19-29(25)40-3)32-35(27)30(36)21-34(31(37)28-5-4-16-42-28)13-12-33-14-17-41-18-15-33/h4-11,16,19,27H,12-15,17-18,20-21H2,1-3H3/t27-/m0/s1. The van der Waals surface area contributed by atoms with Crippen molar-refractivity contribution in [3.8, 4) is 17.2 Å². The Labute approximate surface area is 245 Å². The van der Waals surface area contributed by atoms with Gasteiger partial charge in [-0.15, -0.1) is 0 Å². The molecule has 5 rings (SSSR count). The number of amides is 2. The summed E-state index contributed by atoms with van der Waals surface area (Å²) >= 11 is 0. The Morgan fingerprint density at radius 3 is 2.38 bits per heavy atom. The molecular weight excluding hydrogens is 540 g/mol. The Morgan fingerprint density at radius 1 is 0.976 bits per heavy atom. The zero-order valence-corrected chi connectivity index (χ0v) is 24.2. The summed E-state index contributed by atoms with van der Waals surface area (Å²) in [6.07, 6.45) is 1.91. The number of furan rings is 1. The third-order valence-electron chi connectivity index (χ3n) is 7.52. The molecule has 11 heteroatoms. The van der Waals surface area contributed by atoms with Gasteiger partial charge >= 0.3 is 0 Å². The monoisotopic (exact) mass is 576 g/mol. The number of hydrogen-bond acceptors (Lipinski definition) is 9. The number of morpholine rings is 1. The molecule has 222 valence electrons. The molecule has 3 heterocycles. The van der Waals surface area contributed by atoms with Gasteiger partial charge in [0.2, 0.25) is 0 Å². The van der Waals surface area contributed by atoms with Crippen molar-refractivity contribution in [2.45, 2.75) is 12.5 Å². The Bertz CT molecular complexity index is 1380. The Hall–Kier alpha value is -4.35. The number of ether oxygens (including phenoxy) is 4. The number of carbonyl (C=O) groups is 2. The Kier molecular flexibility index (Phi) is 9.40. The van der Waals surface area contributed by atoms with Crippen LogP contribution in [0.4, 0.5) is 0 Å². The number of hydrogen-bond donors (Lipinski definition) is 0. The Morgan fingerprint density at radius 2 is 1.71 bits per heavy atom. The van der Waals surface area contributed by atoms with Crippen LogP contribution in [-0.2, 0) is 9.53 Å². The maximum Gasteiger partial charge on any atom is 0.290 e. The summed E-state index contributed by atoms with van der Waals surface area (Å²) in [5.41, 5.74) is 2.36. The lowest BCUT2D eigenvalue weighted by atomic mass is 9.97. The maximum atomic E-state index is 14.0. The van der Waals surface area contributed by atoms with Crippen molar-refractivity contribution < 1.29 is 33.0 Å². The number of nitrogens with zero attached hydrogens (tertiary/aromatic N) is 4. The molecule has 2 amide bonds. The van der Waals surface area contributed by atoms with Crippen LogP contribution >= 0.6 is 0 Å². The van der Waals surface area contributed by atoms with Crippen LogP contribution in [0, 0.1) is 0 Å². The fourth-order valence-electron chi connectivity index (χ4n) is 5.16. The van der Waals surface area contributed by atoms with E-state index in [-0.39, 0.29) is 30.2 Å². The number of benzene rings is 2. The lowest BCUT2D eigenvalue weighted by Crippen LogP contribution is -2.46. The average Bonchev–Trinajstić information content (AvgIpc) is 3.74. The van der Waals surface area contributed by atoms with Gasteiger partial charge < -0.3 is 28.3 Å². The van der Waals surface area contributed by atoms with E-state index in [9.17, 15) is 9.59 Å². The van der Waals surface area contributed by atoms with Crippen LogP contribution in [0.15, 0.2) is 70.4 Å². The highest BCUT2D eigenvalue weighted by atomic mass is 16.5. The summed E-state index contributed by atoms with van der Waals surface area (Å²) in [7, 11) is 4.79.